The third-order valence-electron chi connectivity index (χ3n) is 4.39. The minimum absolute atomic E-state index is 0.131. The fourth-order valence-electron chi connectivity index (χ4n) is 3.09. The summed E-state index contributed by atoms with van der Waals surface area (Å²) in [6.45, 7) is 6.20. The molecule has 1 aromatic rings. The molecule has 114 valence electrons. The van der Waals surface area contributed by atoms with Gasteiger partial charge in [0.2, 0.25) is 0 Å². The Kier molecular flexibility index (Phi) is 4.74. The van der Waals surface area contributed by atoms with E-state index in [1.165, 1.54) is 13.5 Å². The molecule has 0 spiro atoms. The van der Waals surface area contributed by atoms with Gasteiger partial charge in [-0.25, -0.2) is 0 Å². The summed E-state index contributed by atoms with van der Waals surface area (Å²) in [4.78, 5) is 2.29. The van der Waals surface area contributed by atoms with Crippen molar-refractivity contribution in [2.45, 2.75) is 38.6 Å². The molecule has 0 aliphatic carbocycles. The van der Waals surface area contributed by atoms with Gasteiger partial charge in [-0.15, -0.1) is 0 Å². The monoisotopic (exact) mass is 288 g/mol. The van der Waals surface area contributed by atoms with Crippen molar-refractivity contribution >= 4 is 0 Å². The predicted octanol–water partition coefficient (Wildman–Crippen LogP) is 2.96. The lowest BCUT2D eigenvalue weighted by Crippen LogP contribution is -2.51. The highest BCUT2D eigenvalue weighted by Gasteiger charge is 2.34. The maximum absolute atomic E-state index is 9.69. The molecule has 1 heterocycles. The molecule has 1 aromatic carbocycles. The highest BCUT2D eigenvalue weighted by Crippen LogP contribution is 2.31. The maximum atomic E-state index is 9.69. The first-order valence-electron chi connectivity index (χ1n) is 7.50. The summed E-state index contributed by atoms with van der Waals surface area (Å²) in [6.07, 6.45) is 3.02. The van der Waals surface area contributed by atoms with Gasteiger partial charge in [-0.3, -0.25) is 4.90 Å². The Balaban J connectivity index is 2.19. The Morgan fingerprint density at radius 2 is 2.29 bits per heavy atom. The van der Waals surface area contributed by atoms with E-state index in [1.54, 1.807) is 6.07 Å². The van der Waals surface area contributed by atoms with Gasteiger partial charge in [0, 0.05) is 13.0 Å². The van der Waals surface area contributed by atoms with Crippen molar-refractivity contribution in [1.82, 2.24) is 4.90 Å². The van der Waals surface area contributed by atoms with Crippen LogP contribution in [0.3, 0.4) is 0 Å². The number of phenols is 1. The van der Waals surface area contributed by atoms with Crippen LogP contribution in [0, 0.1) is 17.2 Å². The number of hydrogen-bond donors (Lipinski definition) is 1. The lowest BCUT2D eigenvalue weighted by Gasteiger charge is -2.41. The van der Waals surface area contributed by atoms with Gasteiger partial charge in [-0.2, -0.15) is 5.26 Å². The van der Waals surface area contributed by atoms with Crippen molar-refractivity contribution < 1.29 is 9.84 Å². The van der Waals surface area contributed by atoms with Crippen molar-refractivity contribution in [2.24, 2.45) is 5.92 Å². The number of nitriles is 1. The van der Waals surface area contributed by atoms with E-state index in [9.17, 15) is 10.4 Å². The van der Waals surface area contributed by atoms with Crippen molar-refractivity contribution in [1.29, 1.82) is 5.26 Å². The molecule has 0 saturated carbocycles. The number of aromatic hydroxyl groups is 1. The van der Waals surface area contributed by atoms with Crippen LogP contribution in [0.15, 0.2) is 18.2 Å². The van der Waals surface area contributed by atoms with Gasteiger partial charge in [0.05, 0.1) is 13.2 Å². The molecule has 0 amide bonds. The molecule has 0 bridgehead atoms. The molecule has 0 radical (unpaired) electrons. The van der Waals surface area contributed by atoms with Gasteiger partial charge in [0.25, 0.3) is 0 Å². The van der Waals surface area contributed by atoms with Gasteiger partial charge < -0.3 is 9.84 Å². The second-order valence-corrected chi connectivity index (χ2v) is 6.26. The van der Waals surface area contributed by atoms with E-state index in [0.717, 1.165) is 25.1 Å². The number of hydrogen-bond acceptors (Lipinski definition) is 4. The second kappa shape index (κ2) is 6.36. The van der Waals surface area contributed by atoms with Gasteiger partial charge >= 0.3 is 0 Å². The quantitative estimate of drug-likeness (QED) is 0.925. The van der Waals surface area contributed by atoms with Crippen LogP contribution < -0.4 is 4.74 Å². The molecule has 1 fully saturated rings. The van der Waals surface area contributed by atoms with Crippen LogP contribution in [0.5, 0.6) is 11.5 Å². The number of ether oxygens (including phenoxy) is 1. The minimum atomic E-state index is -0.517. The first-order chi connectivity index (χ1) is 9.98. The average Bonchev–Trinajstić information content (AvgIpc) is 2.49. The summed E-state index contributed by atoms with van der Waals surface area (Å²) in [6, 6.07) is 7.80. The van der Waals surface area contributed by atoms with E-state index in [1.807, 2.05) is 19.1 Å². The van der Waals surface area contributed by atoms with Crippen LogP contribution in [0.25, 0.3) is 0 Å². The number of phenolic OH excluding ortho intramolecular Hbond substituents is 1. The van der Waals surface area contributed by atoms with E-state index in [4.69, 9.17) is 4.74 Å². The summed E-state index contributed by atoms with van der Waals surface area (Å²) >= 11 is 0. The van der Waals surface area contributed by atoms with Crippen molar-refractivity contribution in [3.05, 3.63) is 23.8 Å². The molecule has 0 aromatic heterocycles. The Labute approximate surface area is 127 Å². The van der Waals surface area contributed by atoms with Crippen molar-refractivity contribution in [2.75, 3.05) is 20.2 Å². The van der Waals surface area contributed by atoms with E-state index >= 15 is 0 Å². The zero-order valence-corrected chi connectivity index (χ0v) is 13.1. The van der Waals surface area contributed by atoms with Crippen LogP contribution in [-0.2, 0) is 6.42 Å². The molecular formula is C17H24N2O2. The Morgan fingerprint density at radius 3 is 2.90 bits per heavy atom. The molecule has 4 nitrogen and oxygen atoms in total. The molecule has 2 unspecified atom stereocenters. The van der Waals surface area contributed by atoms with Gasteiger partial charge in [-0.1, -0.05) is 13.0 Å². The SMILES string of the molecule is COc1cc(CC(C)(C#N)N2CCCC(C)C2)ccc1O. The maximum Gasteiger partial charge on any atom is 0.160 e. The summed E-state index contributed by atoms with van der Waals surface area (Å²) in [5.41, 5.74) is 0.489. The molecule has 1 N–H and O–H groups in total. The lowest BCUT2D eigenvalue weighted by atomic mass is 9.88. The van der Waals surface area contributed by atoms with Crippen LogP contribution in [-0.4, -0.2) is 35.7 Å². The minimum Gasteiger partial charge on any atom is -0.504 e. The molecular weight excluding hydrogens is 264 g/mol. The molecule has 4 heteroatoms. The first kappa shape index (κ1) is 15.7. The fraction of sp³-hybridized carbons (Fsp3) is 0.588. The van der Waals surface area contributed by atoms with Crippen LogP contribution in [0.2, 0.25) is 0 Å². The normalized spacial score (nSPS) is 22.3. The third-order valence-corrected chi connectivity index (χ3v) is 4.39. The zero-order valence-electron chi connectivity index (χ0n) is 13.1. The van der Waals surface area contributed by atoms with Crippen LogP contribution in [0.4, 0.5) is 0 Å². The fourth-order valence-corrected chi connectivity index (χ4v) is 3.09. The second-order valence-electron chi connectivity index (χ2n) is 6.26. The number of likely N-dealkylation sites (tertiary alicyclic amines) is 1. The summed E-state index contributed by atoms with van der Waals surface area (Å²) in [7, 11) is 1.54. The number of methoxy groups -OCH3 is 1. The largest absolute Gasteiger partial charge is 0.504 e. The Bertz CT molecular complexity index is 538. The van der Waals surface area contributed by atoms with Gasteiger partial charge in [0.1, 0.15) is 5.54 Å². The van der Waals surface area contributed by atoms with Crippen molar-refractivity contribution in [3.63, 3.8) is 0 Å². The summed E-state index contributed by atoms with van der Waals surface area (Å²) < 4.78 is 5.15. The molecule has 1 aliphatic heterocycles. The highest BCUT2D eigenvalue weighted by atomic mass is 16.5. The van der Waals surface area contributed by atoms with Crippen molar-refractivity contribution in [3.8, 4) is 17.6 Å². The number of nitrogens with zero attached hydrogens (tertiary/aromatic N) is 2. The number of benzene rings is 1. The van der Waals surface area contributed by atoms with Crippen LogP contribution in [0.1, 0.15) is 32.3 Å². The van der Waals surface area contributed by atoms with Crippen LogP contribution >= 0.6 is 0 Å². The zero-order chi connectivity index (χ0) is 15.5. The van der Waals surface area contributed by atoms with E-state index in [2.05, 4.69) is 17.9 Å². The highest BCUT2D eigenvalue weighted by molar-refractivity contribution is 5.42. The molecule has 2 rings (SSSR count). The predicted molar refractivity (Wildman–Crippen MR) is 82.4 cm³/mol. The Hall–Kier alpha value is -1.73. The van der Waals surface area contributed by atoms with E-state index < -0.39 is 5.54 Å². The van der Waals surface area contributed by atoms with Gasteiger partial charge in [0.15, 0.2) is 11.5 Å². The number of rotatable bonds is 4. The van der Waals surface area contributed by atoms with E-state index in [0.29, 0.717) is 18.1 Å². The average molecular weight is 288 g/mol. The van der Waals surface area contributed by atoms with E-state index in [-0.39, 0.29) is 5.75 Å². The van der Waals surface area contributed by atoms with Gasteiger partial charge in [-0.05, 0) is 49.9 Å². The number of piperidine rings is 1. The first-order valence-corrected chi connectivity index (χ1v) is 7.50. The Morgan fingerprint density at radius 1 is 1.52 bits per heavy atom. The summed E-state index contributed by atoms with van der Waals surface area (Å²) in [5.74, 6) is 1.23. The molecule has 1 saturated heterocycles. The molecule has 21 heavy (non-hydrogen) atoms. The summed E-state index contributed by atoms with van der Waals surface area (Å²) in [5, 5.41) is 19.4. The lowest BCUT2D eigenvalue weighted by molar-refractivity contribution is 0.0958. The topological polar surface area (TPSA) is 56.5 Å². The molecule has 2 atom stereocenters. The third kappa shape index (κ3) is 3.48. The standard InChI is InChI=1S/C17H24N2O2/c1-13-5-4-8-19(11-13)17(2,12-18)10-14-6-7-15(20)16(9-14)21-3/h6-7,9,13,20H,4-5,8,10-11H2,1-3H3. The smallest absolute Gasteiger partial charge is 0.160 e. The molecule has 1 aliphatic rings.